The number of hydrogen-bond donors (Lipinski definition) is 1. The highest BCUT2D eigenvalue weighted by Gasteiger charge is 2.09. The fourth-order valence-corrected chi connectivity index (χ4v) is 1.69. The van der Waals surface area contributed by atoms with Crippen LogP contribution in [-0.2, 0) is 0 Å². The third kappa shape index (κ3) is 2.71. The number of allylic oxidation sites excluding steroid dienone is 2. The average Bonchev–Trinajstić information content (AvgIpc) is 2.65. The van der Waals surface area contributed by atoms with Crippen molar-refractivity contribution in [3.8, 4) is 12.1 Å². The molecule has 0 fully saturated rings. The Hall–Kier alpha value is -1.52. The minimum atomic E-state index is 0.186. The monoisotopic (exact) mass is 263 g/mol. The van der Waals surface area contributed by atoms with Crippen LogP contribution in [0.15, 0.2) is 22.3 Å². The first-order valence-electron chi connectivity index (χ1n) is 4.61. The lowest BCUT2D eigenvalue weighted by molar-refractivity contribution is 0.964. The molecule has 76 valence electrons. The van der Waals surface area contributed by atoms with E-state index in [0.717, 1.165) is 28.7 Å². The van der Waals surface area contributed by atoms with Crippen molar-refractivity contribution in [3.05, 3.63) is 28.0 Å². The maximum atomic E-state index is 8.84. The van der Waals surface area contributed by atoms with Gasteiger partial charge in [-0.15, -0.1) is 0 Å². The Morgan fingerprint density at radius 3 is 2.47 bits per heavy atom. The van der Waals surface area contributed by atoms with E-state index >= 15 is 0 Å². The zero-order valence-electron chi connectivity index (χ0n) is 8.34. The highest BCUT2D eigenvalue weighted by molar-refractivity contribution is 9.10. The van der Waals surface area contributed by atoms with Crippen molar-refractivity contribution in [2.45, 2.75) is 19.8 Å². The number of nitrogens with zero attached hydrogens (tertiary/aromatic N) is 2. The number of halogens is 1. The lowest BCUT2D eigenvalue weighted by Crippen LogP contribution is -1.89. The summed E-state index contributed by atoms with van der Waals surface area (Å²) in [6.45, 7) is 2.02. The van der Waals surface area contributed by atoms with Gasteiger partial charge in [0.25, 0.3) is 0 Å². The van der Waals surface area contributed by atoms with E-state index in [1.54, 1.807) is 0 Å². The Bertz CT molecular complexity index is 441. The number of H-pyrrole nitrogens is 1. The van der Waals surface area contributed by atoms with E-state index < -0.39 is 0 Å². The standard InChI is InChI=1S/C11H10BrN3/c1-2-3-9(8(6-13)7-14)10-4-5-11(12)15-10/h4-5,15H,2-3H2,1H3. The maximum Gasteiger partial charge on any atom is 0.134 e. The molecule has 4 heteroatoms. The Morgan fingerprint density at radius 2 is 2.07 bits per heavy atom. The Labute approximate surface area is 97.2 Å². The van der Waals surface area contributed by atoms with Crippen LogP contribution in [0.4, 0.5) is 0 Å². The van der Waals surface area contributed by atoms with E-state index in [1.807, 2.05) is 31.2 Å². The zero-order chi connectivity index (χ0) is 11.3. The first kappa shape index (κ1) is 11.6. The molecule has 1 N–H and O–H groups in total. The van der Waals surface area contributed by atoms with Crippen LogP contribution in [0.25, 0.3) is 5.57 Å². The Balaban J connectivity index is 3.21. The quantitative estimate of drug-likeness (QED) is 0.850. The summed E-state index contributed by atoms with van der Waals surface area (Å²) in [5.41, 5.74) is 1.81. The van der Waals surface area contributed by atoms with E-state index in [2.05, 4.69) is 20.9 Å². The molecule has 1 rings (SSSR count). The van der Waals surface area contributed by atoms with E-state index in [-0.39, 0.29) is 5.57 Å². The zero-order valence-corrected chi connectivity index (χ0v) is 9.93. The molecule has 0 bridgehead atoms. The van der Waals surface area contributed by atoms with E-state index in [9.17, 15) is 0 Å². The van der Waals surface area contributed by atoms with Gasteiger partial charge < -0.3 is 4.98 Å². The molecule has 1 aromatic heterocycles. The summed E-state index contributed by atoms with van der Waals surface area (Å²) >= 11 is 3.30. The lowest BCUT2D eigenvalue weighted by atomic mass is 10.0. The molecule has 0 amide bonds. The Kier molecular flexibility index (Phi) is 4.15. The fraction of sp³-hybridized carbons (Fsp3) is 0.273. The predicted octanol–water partition coefficient (Wildman–Crippen LogP) is 3.38. The topological polar surface area (TPSA) is 63.4 Å². The molecule has 0 aliphatic carbocycles. The van der Waals surface area contributed by atoms with Gasteiger partial charge in [0.2, 0.25) is 0 Å². The minimum absolute atomic E-state index is 0.186. The number of aromatic nitrogens is 1. The number of hydrogen-bond acceptors (Lipinski definition) is 2. The van der Waals surface area contributed by atoms with Crippen LogP contribution >= 0.6 is 15.9 Å². The van der Waals surface area contributed by atoms with Crippen LogP contribution in [0.1, 0.15) is 25.5 Å². The summed E-state index contributed by atoms with van der Waals surface area (Å²) in [7, 11) is 0. The van der Waals surface area contributed by atoms with Gasteiger partial charge in [-0.1, -0.05) is 13.3 Å². The third-order valence-corrected chi connectivity index (χ3v) is 2.46. The highest BCUT2D eigenvalue weighted by atomic mass is 79.9. The van der Waals surface area contributed by atoms with Crippen molar-refractivity contribution in [1.82, 2.24) is 4.98 Å². The average molecular weight is 264 g/mol. The second-order valence-corrected chi connectivity index (χ2v) is 3.90. The van der Waals surface area contributed by atoms with E-state index in [0.29, 0.717) is 0 Å². The predicted molar refractivity (Wildman–Crippen MR) is 61.5 cm³/mol. The molecular weight excluding hydrogens is 254 g/mol. The van der Waals surface area contributed by atoms with Gasteiger partial charge in [0.05, 0.1) is 4.60 Å². The molecule has 0 spiro atoms. The van der Waals surface area contributed by atoms with Crippen molar-refractivity contribution < 1.29 is 0 Å². The smallest absolute Gasteiger partial charge is 0.134 e. The molecule has 1 aromatic rings. The van der Waals surface area contributed by atoms with Gasteiger partial charge in [0.15, 0.2) is 0 Å². The molecule has 0 saturated heterocycles. The lowest BCUT2D eigenvalue weighted by Gasteiger charge is -2.02. The highest BCUT2D eigenvalue weighted by Crippen LogP contribution is 2.24. The molecule has 3 nitrogen and oxygen atoms in total. The number of nitrogens with one attached hydrogen (secondary N) is 1. The SMILES string of the molecule is CCCC(=C(C#N)C#N)c1ccc(Br)[nH]1. The van der Waals surface area contributed by atoms with Crippen LogP contribution in [0.3, 0.4) is 0 Å². The molecular formula is C11H10BrN3. The van der Waals surface area contributed by atoms with Gasteiger partial charge in [-0.3, -0.25) is 0 Å². The van der Waals surface area contributed by atoms with Gasteiger partial charge >= 0.3 is 0 Å². The molecule has 0 aliphatic rings. The second-order valence-electron chi connectivity index (χ2n) is 3.05. The summed E-state index contributed by atoms with van der Waals surface area (Å²) in [5.74, 6) is 0. The van der Waals surface area contributed by atoms with Gasteiger partial charge in [0, 0.05) is 11.3 Å². The molecule has 0 aliphatic heterocycles. The van der Waals surface area contributed by atoms with E-state index in [4.69, 9.17) is 10.5 Å². The van der Waals surface area contributed by atoms with Gasteiger partial charge in [-0.05, 0) is 34.5 Å². The largest absolute Gasteiger partial charge is 0.350 e. The fourth-order valence-electron chi connectivity index (χ4n) is 1.35. The summed E-state index contributed by atoms with van der Waals surface area (Å²) in [5, 5.41) is 17.7. The summed E-state index contributed by atoms with van der Waals surface area (Å²) in [6.07, 6.45) is 1.63. The van der Waals surface area contributed by atoms with Crippen LogP contribution in [-0.4, -0.2) is 4.98 Å². The number of rotatable bonds is 3. The van der Waals surface area contributed by atoms with Crippen molar-refractivity contribution in [1.29, 1.82) is 10.5 Å². The first-order valence-corrected chi connectivity index (χ1v) is 5.40. The number of nitriles is 2. The second kappa shape index (κ2) is 5.38. The van der Waals surface area contributed by atoms with Crippen LogP contribution in [0, 0.1) is 22.7 Å². The summed E-state index contributed by atoms with van der Waals surface area (Å²) in [4.78, 5) is 3.07. The molecule has 1 heterocycles. The van der Waals surface area contributed by atoms with E-state index in [1.165, 1.54) is 0 Å². The maximum absolute atomic E-state index is 8.84. The van der Waals surface area contributed by atoms with Crippen LogP contribution < -0.4 is 0 Å². The third-order valence-electron chi connectivity index (χ3n) is 2.00. The normalized spacial score (nSPS) is 9.07. The van der Waals surface area contributed by atoms with Crippen molar-refractivity contribution in [2.24, 2.45) is 0 Å². The molecule has 0 saturated carbocycles. The Morgan fingerprint density at radius 1 is 1.40 bits per heavy atom. The molecule has 0 atom stereocenters. The van der Waals surface area contributed by atoms with Crippen molar-refractivity contribution >= 4 is 21.5 Å². The molecule has 0 radical (unpaired) electrons. The summed E-state index contributed by atoms with van der Waals surface area (Å²) in [6, 6.07) is 7.58. The molecule has 0 aromatic carbocycles. The van der Waals surface area contributed by atoms with Crippen LogP contribution in [0.5, 0.6) is 0 Å². The summed E-state index contributed by atoms with van der Waals surface area (Å²) < 4.78 is 0.848. The molecule has 0 unspecified atom stereocenters. The number of aromatic amines is 1. The van der Waals surface area contributed by atoms with Gasteiger partial charge in [0.1, 0.15) is 17.7 Å². The molecule has 15 heavy (non-hydrogen) atoms. The van der Waals surface area contributed by atoms with Gasteiger partial charge in [-0.25, -0.2) is 0 Å². The van der Waals surface area contributed by atoms with Crippen molar-refractivity contribution in [3.63, 3.8) is 0 Å². The van der Waals surface area contributed by atoms with Crippen LogP contribution in [0.2, 0.25) is 0 Å². The minimum Gasteiger partial charge on any atom is -0.350 e. The van der Waals surface area contributed by atoms with Gasteiger partial charge in [-0.2, -0.15) is 10.5 Å². The van der Waals surface area contributed by atoms with Crippen molar-refractivity contribution in [2.75, 3.05) is 0 Å². The first-order chi connectivity index (χ1) is 7.22.